The molecule has 0 aromatic carbocycles. The van der Waals surface area contributed by atoms with E-state index in [-0.39, 0.29) is 0 Å². The van der Waals surface area contributed by atoms with Crippen LogP contribution >= 0.6 is 11.3 Å². The van der Waals surface area contributed by atoms with Crippen molar-refractivity contribution in [2.75, 3.05) is 6.54 Å². The second kappa shape index (κ2) is 3.95. The Morgan fingerprint density at radius 3 is 3.19 bits per heavy atom. The predicted octanol–water partition coefficient (Wildman–Crippen LogP) is 1.66. The molecular formula is C10H12N4OS. The van der Waals surface area contributed by atoms with Gasteiger partial charge in [0, 0.05) is 11.4 Å². The van der Waals surface area contributed by atoms with Crippen molar-refractivity contribution >= 4 is 11.3 Å². The van der Waals surface area contributed by atoms with Crippen LogP contribution in [0.5, 0.6) is 0 Å². The Morgan fingerprint density at radius 2 is 2.50 bits per heavy atom. The molecule has 6 heteroatoms. The number of nitrogens with one attached hydrogen (secondary N) is 1. The van der Waals surface area contributed by atoms with E-state index in [0.717, 1.165) is 24.6 Å². The van der Waals surface area contributed by atoms with E-state index in [9.17, 15) is 0 Å². The smallest absolute Gasteiger partial charge is 0.231 e. The molecule has 2 unspecified atom stereocenters. The van der Waals surface area contributed by atoms with E-state index in [4.69, 9.17) is 4.52 Å². The normalized spacial score (nSPS) is 25.1. The first-order valence-electron chi connectivity index (χ1n) is 5.30. The van der Waals surface area contributed by atoms with Crippen LogP contribution in [0.3, 0.4) is 0 Å². The molecule has 0 amide bonds. The lowest BCUT2D eigenvalue weighted by atomic mass is 10.0. The summed E-state index contributed by atoms with van der Waals surface area (Å²) in [7, 11) is 0. The fourth-order valence-corrected chi connectivity index (χ4v) is 2.54. The van der Waals surface area contributed by atoms with E-state index in [0.29, 0.717) is 17.8 Å². The van der Waals surface area contributed by atoms with Crippen molar-refractivity contribution in [1.29, 1.82) is 0 Å². The Hall–Kier alpha value is -1.27. The molecular weight excluding hydrogens is 224 g/mol. The van der Waals surface area contributed by atoms with Gasteiger partial charge in [-0.05, 0) is 19.9 Å². The molecule has 3 heterocycles. The van der Waals surface area contributed by atoms with Gasteiger partial charge in [-0.1, -0.05) is 5.16 Å². The molecule has 0 saturated carbocycles. The SMILES string of the molecule is CC1NCCC1c1nc(-c2cscn2)no1. The zero-order valence-electron chi connectivity index (χ0n) is 8.88. The zero-order chi connectivity index (χ0) is 11.0. The van der Waals surface area contributed by atoms with Crippen LogP contribution < -0.4 is 5.32 Å². The molecule has 1 N–H and O–H groups in total. The van der Waals surface area contributed by atoms with E-state index in [1.54, 1.807) is 5.51 Å². The Bertz CT molecular complexity index is 467. The van der Waals surface area contributed by atoms with Gasteiger partial charge in [-0.2, -0.15) is 4.98 Å². The molecule has 1 aliphatic heterocycles. The molecule has 2 aromatic heterocycles. The number of rotatable bonds is 2. The Kier molecular flexibility index (Phi) is 2.45. The average molecular weight is 236 g/mol. The fourth-order valence-electron chi connectivity index (χ4n) is 2.01. The van der Waals surface area contributed by atoms with Crippen molar-refractivity contribution in [3.8, 4) is 11.5 Å². The van der Waals surface area contributed by atoms with Crippen LogP contribution in [0.25, 0.3) is 11.5 Å². The summed E-state index contributed by atoms with van der Waals surface area (Å²) in [5.41, 5.74) is 2.56. The first-order chi connectivity index (χ1) is 7.84. The van der Waals surface area contributed by atoms with Crippen molar-refractivity contribution in [3.05, 3.63) is 16.8 Å². The summed E-state index contributed by atoms with van der Waals surface area (Å²) in [5.74, 6) is 1.65. The first kappa shape index (κ1) is 9.92. The molecule has 3 rings (SSSR count). The third kappa shape index (κ3) is 1.64. The summed E-state index contributed by atoms with van der Waals surface area (Å²) < 4.78 is 5.31. The number of nitrogens with zero attached hydrogens (tertiary/aromatic N) is 3. The summed E-state index contributed by atoms with van der Waals surface area (Å²) >= 11 is 1.53. The van der Waals surface area contributed by atoms with E-state index in [1.807, 2.05) is 5.38 Å². The highest BCUT2D eigenvalue weighted by molar-refractivity contribution is 7.07. The molecule has 1 aliphatic rings. The van der Waals surface area contributed by atoms with Gasteiger partial charge in [-0.3, -0.25) is 0 Å². The average Bonchev–Trinajstić information content (AvgIpc) is 2.96. The lowest BCUT2D eigenvalue weighted by molar-refractivity contribution is 0.345. The van der Waals surface area contributed by atoms with E-state index in [1.165, 1.54) is 11.3 Å². The topological polar surface area (TPSA) is 63.8 Å². The summed E-state index contributed by atoms with van der Waals surface area (Å²) in [4.78, 5) is 8.57. The first-order valence-corrected chi connectivity index (χ1v) is 6.24. The summed E-state index contributed by atoms with van der Waals surface area (Å²) in [6.45, 7) is 3.16. The maximum atomic E-state index is 5.31. The molecule has 1 fully saturated rings. The third-order valence-corrected chi connectivity index (χ3v) is 3.53. The molecule has 5 nitrogen and oxygen atoms in total. The molecule has 84 valence electrons. The zero-order valence-corrected chi connectivity index (χ0v) is 9.70. The van der Waals surface area contributed by atoms with Crippen molar-refractivity contribution in [3.63, 3.8) is 0 Å². The van der Waals surface area contributed by atoms with Crippen LogP contribution in [0.1, 0.15) is 25.2 Å². The predicted molar refractivity (Wildman–Crippen MR) is 60.2 cm³/mol. The largest absolute Gasteiger partial charge is 0.339 e. The third-order valence-electron chi connectivity index (χ3n) is 2.95. The summed E-state index contributed by atoms with van der Waals surface area (Å²) in [6, 6.07) is 0.406. The van der Waals surface area contributed by atoms with Crippen molar-refractivity contribution in [1.82, 2.24) is 20.4 Å². The molecule has 0 spiro atoms. The number of thiazole rings is 1. The van der Waals surface area contributed by atoms with Gasteiger partial charge in [-0.25, -0.2) is 4.98 Å². The minimum absolute atomic E-state index is 0.333. The van der Waals surface area contributed by atoms with E-state index < -0.39 is 0 Å². The molecule has 1 saturated heterocycles. The fraction of sp³-hybridized carbons (Fsp3) is 0.500. The molecule has 0 bridgehead atoms. The highest BCUT2D eigenvalue weighted by atomic mass is 32.1. The highest BCUT2D eigenvalue weighted by Gasteiger charge is 2.29. The summed E-state index contributed by atoms with van der Waals surface area (Å²) in [6.07, 6.45) is 1.06. The Balaban J connectivity index is 1.88. The van der Waals surface area contributed by atoms with Crippen LogP contribution in [0.15, 0.2) is 15.4 Å². The standard InChI is InChI=1S/C10H12N4OS/c1-6-7(2-3-11-6)10-13-9(14-15-10)8-4-16-5-12-8/h4-7,11H,2-3H2,1H3. The lowest BCUT2D eigenvalue weighted by Gasteiger charge is -2.08. The minimum Gasteiger partial charge on any atom is -0.339 e. The Labute approximate surface area is 96.9 Å². The molecule has 2 aromatic rings. The van der Waals surface area contributed by atoms with Gasteiger partial charge >= 0.3 is 0 Å². The second-order valence-electron chi connectivity index (χ2n) is 3.97. The van der Waals surface area contributed by atoms with Gasteiger partial charge in [0.25, 0.3) is 0 Å². The highest BCUT2D eigenvalue weighted by Crippen LogP contribution is 2.27. The van der Waals surface area contributed by atoms with E-state index >= 15 is 0 Å². The van der Waals surface area contributed by atoms with Crippen molar-refractivity contribution in [2.24, 2.45) is 0 Å². The van der Waals surface area contributed by atoms with Crippen LogP contribution in [-0.2, 0) is 0 Å². The molecule has 2 atom stereocenters. The van der Waals surface area contributed by atoms with Gasteiger partial charge in [0.1, 0.15) is 5.69 Å². The van der Waals surface area contributed by atoms with Gasteiger partial charge in [0.05, 0.1) is 11.4 Å². The molecule has 16 heavy (non-hydrogen) atoms. The van der Waals surface area contributed by atoms with Gasteiger partial charge in [-0.15, -0.1) is 11.3 Å². The Morgan fingerprint density at radius 1 is 1.56 bits per heavy atom. The molecule has 0 aliphatic carbocycles. The number of aromatic nitrogens is 3. The monoisotopic (exact) mass is 236 g/mol. The van der Waals surface area contributed by atoms with Crippen LogP contribution in [-0.4, -0.2) is 27.7 Å². The van der Waals surface area contributed by atoms with Crippen LogP contribution in [0, 0.1) is 0 Å². The number of hydrogen-bond donors (Lipinski definition) is 1. The molecule has 0 radical (unpaired) electrons. The number of hydrogen-bond acceptors (Lipinski definition) is 6. The maximum absolute atomic E-state index is 5.31. The van der Waals surface area contributed by atoms with Gasteiger partial charge in [0.15, 0.2) is 0 Å². The lowest BCUT2D eigenvalue weighted by Crippen LogP contribution is -2.21. The maximum Gasteiger partial charge on any atom is 0.231 e. The quantitative estimate of drug-likeness (QED) is 0.859. The van der Waals surface area contributed by atoms with Crippen LogP contribution in [0.2, 0.25) is 0 Å². The van der Waals surface area contributed by atoms with Crippen molar-refractivity contribution in [2.45, 2.75) is 25.3 Å². The van der Waals surface area contributed by atoms with Gasteiger partial charge < -0.3 is 9.84 Å². The van der Waals surface area contributed by atoms with Crippen LogP contribution in [0.4, 0.5) is 0 Å². The second-order valence-corrected chi connectivity index (χ2v) is 4.69. The van der Waals surface area contributed by atoms with E-state index in [2.05, 4.69) is 27.4 Å². The van der Waals surface area contributed by atoms with Gasteiger partial charge in [0.2, 0.25) is 11.7 Å². The minimum atomic E-state index is 0.333. The van der Waals surface area contributed by atoms with Crippen molar-refractivity contribution < 1.29 is 4.52 Å². The summed E-state index contributed by atoms with van der Waals surface area (Å²) in [5, 5.41) is 9.26.